The van der Waals surface area contributed by atoms with Crippen molar-refractivity contribution in [2.75, 3.05) is 11.9 Å². The molecule has 1 aromatic heterocycles. The maximum atomic E-state index is 12.3. The average Bonchev–Trinajstić information content (AvgIpc) is 2.85. The van der Waals surface area contributed by atoms with Crippen LogP contribution >= 0.6 is 0 Å². The van der Waals surface area contributed by atoms with E-state index < -0.39 is 0 Å². The molecule has 136 valence electrons. The minimum absolute atomic E-state index is 0.0397. The van der Waals surface area contributed by atoms with Gasteiger partial charge in [-0.25, -0.2) is 4.68 Å². The summed E-state index contributed by atoms with van der Waals surface area (Å²) in [4.78, 5) is 12.3. The third-order valence-corrected chi connectivity index (χ3v) is 3.80. The van der Waals surface area contributed by atoms with Gasteiger partial charge in [0.25, 0.3) is 5.91 Å². The first-order valence-corrected chi connectivity index (χ1v) is 8.57. The van der Waals surface area contributed by atoms with Crippen LogP contribution in [0.15, 0.2) is 30.3 Å². The van der Waals surface area contributed by atoms with E-state index >= 15 is 0 Å². The Morgan fingerprint density at radius 2 is 1.84 bits per heavy atom. The molecule has 2 rings (SSSR count). The first-order valence-electron chi connectivity index (χ1n) is 8.57. The van der Waals surface area contributed by atoms with Crippen LogP contribution < -0.4 is 10.1 Å². The third kappa shape index (κ3) is 5.08. The second-order valence-electron chi connectivity index (χ2n) is 8.37. The van der Waals surface area contributed by atoms with E-state index in [9.17, 15) is 4.79 Å². The van der Waals surface area contributed by atoms with Gasteiger partial charge in [0.15, 0.2) is 6.61 Å². The van der Waals surface area contributed by atoms with Crippen molar-refractivity contribution in [1.29, 1.82) is 0 Å². The molecule has 0 bridgehead atoms. The summed E-state index contributed by atoms with van der Waals surface area (Å²) in [5.41, 5.74) is 1.87. The number of nitrogens with one attached hydrogen (secondary N) is 1. The number of hydrogen-bond donors (Lipinski definition) is 1. The SMILES string of the molecule is Cc1cc(NC(=O)COc2cccc(C(C)(C)C)c2)n(C(C)(C)C)n1. The zero-order valence-corrected chi connectivity index (χ0v) is 16.3. The van der Waals surface area contributed by atoms with Crippen molar-refractivity contribution in [2.45, 2.75) is 59.4 Å². The highest BCUT2D eigenvalue weighted by Crippen LogP contribution is 2.25. The summed E-state index contributed by atoms with van der Waals surface area (Å²) in [6, 6.07) is 9.73. The van der Waals surface area contributed by atoms with Gasteiger partial charge in [0.05, 0.1) is 11.2 Å². The molecule has 2 aromatic rings. The molecule has 5 nitrogen and oxygen atoms in total. The molecule has 0 spiro atoms. The molecule has 0 aliphatic heterocycles. The van der Waals surface area contributed by atoms with Gasteiger partial charge in [-0.2, -0.15) is 5.10 Å². The monoisotopic (exact) mass is 343 g/mol. The van der Waals surface area contributed by atoms with Crippen LogP contribution in [0.4, 0.5) is 5.82 Å². The van der Waals surface area contributed by atoms with Gasteiger partial charge in [-0.05, 0) is 50.8 Å². The summed E-state index contributed by atoms with van der Waals surface area (Å²) in [6.45, 7) is 14.4. The standard InChI is InChI=1S/C20H29N3O2/c1-14-11-17(23(22-14)20(5,6)7)21-18(24)13-25-16-10-8-9-15(12-16)19(2,3)4/h8-12H,13H2,1-7H3,(H,21,24). The van der Waals surface area contributed by atoms with Crippen LogP contribution in [-0.4, -0.2) is 22.3 Å². The Kier molecular flexibility index (Phi) is 5.26. The number of carbonyl (C=O) groups excluding carboxylic acids is 1. The molecule has 1 amide bonds. The molecule has 1 N–H and O–H groups in total. The lowest BCUT2D eigenvalue weighted by molar-refractivity contribution is -0.118. The van der Waals surface area contributed by atoms with Crippen molar-refractivity contribution in [3.05, 3.63) is 41.6 Å². The summed E-state index contributed by atoms with van der Waals surface area (Å²) >= 11 is 0. The molecule has 1 aromatic carbocycles. The smallest absolute Gasteiger partial charge is 0.263 e. The Balaban J connectivity index is 2.03. The van der Waals surface area contributed by atoms with Gasteiger partial charge < -0.3 is 10.1 Å². The lowest BCUT2D eigenvalue weighted by Gasteiger charge is -2.22. The Hall–Kier alpha value is -2.30. The van der Waals surface area contributed by atoms with E-state index in [2.05, 4.69) is 37.3 Å². The van der Waals surface area contributed by atoms with Gasteiger partial charge in [0.2, 0.25) is 0 Å². The molecule has 1 heterocycles. The van der Waals surface area contributed by atoms with E-state index in [1.165, 1.54) is 5.56 Å². The van der Waals surface area contributed by atoms with Gasteiger partial charge in [-0.15, -0.1) is 0 Å². The molecule has 0 radical (unpaired) electrons. The number of anilines is 1. The van der Waals surface area contributed by atoms with E-state index in [1.807, 2.05) is 56.6 Å². The van der Waals surface area contributed by atoms with Crippen molar-refractivity contribution in [3.8, 4) is 5.75 Å². The normalized spacial score (nSPS) is 12.1. The topological polar surface area (TPSA) is 56.1 Å². The molecule has 5 heteroatoms. The van der Waals surface area contributed by atoms with E-state index in [0.717, 1.165) is 5.69 Å². The number of nitrogens with zero attached hydrogens (tertiary/aromatic N) is 2. The molecule has 0 saturated heterocycles. The number of aromatic nitrogens is 2. The van der Waals surface area contributed by atoms with Gasteiger partial charge >= 0.3 is 0 Å². The van der Waals surface area contributed by atoms with Crippen molar-refractivity contribution >= 4 is 11.7 Å². The van der Waals surface area contributed by atoms with Crippen LogP contribution in [0.2, 0.25) is 0 Å². The molecular formula is C20H29N3O2. The van der Waals surface area contributed by atoms with Crippen LogP contribution in [0.25, 0.3) is 0 Å². The van der Waals surface area contributed by atoms with Gasteiger partial charge in [0.1, 0.15) is 11.6 Å². The van der Waals surface area contributed by atoms with Crippen molar-refractivity contribution in [3.63, 3.8) is 0 Å². The molecule has 0 saturated carbocycles. The number of aryl methyl sites for hydroxylation is 1. The highest BCUT2D eigenvalue weighted by molar-refractivity contribution is 5.91. The molecule has 0 fully saturated rings. The van der Waals surface area contributed by atoms with E-state index in [0.29, 0.717) is 11.6 Å². The van der Waals surface area contributed by atoms with Crippen molar-refractivity contribution in [2.24, 2.45) is 0 Å². The second kappa shape index (κ2) is 6.90. The van der Waals surface area contributed by atoms with Gasteiger partial charge in [0, 0.05) is 6.07 Å². The summed E-state index contributed by atoms with van der Waals surface area (Å²) in [6.07, 6.45) is 0. The van der Waals surface area contributed by atoms with E-state index in [-0.39, 0.29) is 23.5 Å². The minimum Gasteiger partial charge on any atom is -0.484 e. The van der Waals surface area contributed by atoms with Gasteiger partial charge in [-0.3, -0.25) is 4.79 Å². The van der Waals surface area contributed by atoms with Crippen LogP contribution in [0, 0.1) is 6.92 Å². The van der Waals surface area contributed by atoms with Crippen molar-refractivity contribution < 1.29 is 9.53 Å². The first-order chi connectivity index (χ1) is 11.5. The van der Waals surface area contributed by atoms with E-state index in [4.69, 9.17) is 4.74 Å². The van der Waals surface area contributed by atoms with Crippen LogP contribution in [0.3, 0.4) is 0 Å². The summed E-state index contributed by atoms with van der Waals surface area (Å²) < 4.78 is 7.49. The zero-order chi connectivity index (χ0) is 18.8. The lowest BCUT2D eigenvalue weighted by Crippen LogP contribution is -2.28. The maximum Gasteiger partial charge on any atom is 0.263 e. The number of hydrogen-bond acceptors (Lipinski definition) is 3. The largest absolute Gasteiger partial charge is 0.484 e. The fraction of sp³-hybridized carbons (Fsp3) is 0.500. The van der Waals surface area contributed by atoms with Crippen molar-refractivity contribution in [1.82, 2.24) is 9.78 Å². The van der Waals surface area contributed by atoms with E-state index in [1.54, 1.807) is 0 Å². The van der Waals surface area contributed by atoms with Gasteiger partial charge in [-0.1, -0.05) is 32.9 Å². The van der Waals surface area contributed by atoms with Crippen LogP contribution in [0.1, 0.15) is 52.8 Å². The average molecular weight is 343 g/mol. The zero-order valence-electron chi connectivity index (χ0n) is 16.3. The number of carbonyl (C=O) groups is 1. The predicted octanol–water partition coefficient (Wildman–Crippen LogP) is 4.26. The maximum absolute atomic E-state index is 12.3. The van der Waals surface area contributed by atoms with Crippen LogP contribution in [-0.2, 0) is 15.7 Å². The highest BCUT2D eigenvalue weighted by atomic mass is 16.5. The predicted molar refractivity (Wildman–Crippen MR) is 101 cm³/mol. The lowest BCUT2D eigenvalue weighted by atomic mass is 9.87. The fourth-order valence-corrected chi connectivity index (χ4v) is 2.48. The second-order valence-corrected chi connectivity index (χ2v) is 8.37. The summed E-state index contributed by atoms with van der Waals surface area (Å²) in [5.74, 6) is 1.18. The van der Waals surface area contributed by atoms with Crippen LogP contribution in [0.5, 0.6) is 5.75 Å². The molecule has 25 heavy (non-hydrogen) atoms. The molecule has 0 aliphatic carbocycles. The Labute approximate surface area is 150 Å². The number of rotatable bonds is 4. The molecule has 0 unspecified atom stereocenters. The highest BCUT2D eigenvalue weighted by Gasteiger charge is 2.20. The summed E-state index contributed by atoms with van der Waals surface area (Å²) in [7, 11) is 0. The number of ether oxygens (including phenoxy) is 1. The Morgan fingerprint density at radius 1 is 1.16 bits per heavy atom. The quantitative estimate of drug-likeness (QED) is 0.902. The third-order valence-electron chi connectivity index (χ3n) is 3.80. The number of amides is 1. The molecule has 0 aliphatic rings. The molecule has 0 atom stereocenters. The first kappa shape index (κ1) is 19.0. The molecular weight excluding hydrogens is 314 g/mol. The Morgan fingerprint density at radius 3 is 2.44 bits per heavy atom. The Bertz CT molecular complexity index is 749. The number of benzene rings is 1. The minimum atomic E-state index is -0.210. The fourth-order valence-electron chi connectivity index (χ4n) is 2.48. The summed E-state index contributed by atoms with van der Waals surface area (Å²) in [5, 5.41) is 7.34.